The molecule has 118 valence electrons. The van der Waals surface area contributed by atoms with E-state index in [1.807, 2.05) is 0 Å². The topological polar surface area (TPSA) is 58.2 Å². The summed E-state index contributed by atoms with van der Waals surface area (Å²) in [5, 5.41) is 3.27. The summed E-state index contributed by atoms with van der Waals surface area (Å²) >= 11 is 3.10. The van der Waals surface area contributed by atoms with Crippen molar-refractivity contribution in [3.05, 3.63) is 28.2 Å². The van der Waals surface area contributed by atoms with Gasteiger partial charge in [0, 0.05) is 17.1 Å². The Balaban J connectivity index is 2.07. The number of benzene rings is 1. The molecule has 0 radical (unpaired) electrons. The minimum absolute atomic E-state index is 0.207. The minimum Gasteiger partial charge on any atom is -0.310 e. The maximum Gasteiger partial charge on any atom is 0.402 e. The third-order valence-electron chi connectivity index (χ3n) is 2.92. The predicted molar refractivity (Wildman–Crippen MR) is 75.2 cm³/mol. The molecular formula is C12H14BrF3N2O2S. The molecule has 4 nitrogen and oxygen atoms in total. The highest BCUT2D eigenvalue weighted by Crippen LogP contribution is 2.25. The van der Waals surface area contributed by atoms with E-state index in [9.17, 15) is 21.6 Å². The second kappa shape index (κ2) is 6.23. The molecule has 1 saturated carbocycles. The van der Waals surface area contributed by atoms with Gasteiger partial charge < -0.3 is 5.32 Å². The van der Waals surface area contributed by atoms with Crippen LogP contribution in [0.3, 0.4) is 0 Å². The monoisotopic (exact) mass is 386 g/mol. The van der Waals surface area contributed by atoms with Crippen molar-refractivity contribution in [1.29, 1.82) is 0 Å². The lowest BCUT2D eigenvalue weighted by Gasteiger charge is -2.11. The first kappa shape index (κ1) is 16.7. The van der Waals surface area contributed by atoms with E-state index < -0.39 is 22.7 Å². The van der Waals surface area contributed by atoms with Crippen molar-refractivity contribution < 1.29 is 21.6 Å². The Morgan fingerprint density at radius 1 is 1.29 bits per heavy atom. The molecule has 0 heterocycles. The molecule has 1 aromatic carbocycles. The lowest BCUT2D eigenvalue weighted by Crippen LogP contribution is -2.33. The lowest BCUT2D eigenvalue weighted by molar-refractivity contribution is -0.121. The molecule has 21 heavy (non-hydrogen) atoms. The second-order valence-corrected chi connectivity index (χ2v) is 7.45. The van der Waals surface area contributed by atoms with Gasteiger partial charge in [0.15, 0.2) is 0 Å². The van der Waals surface area contributed by atoms with Crippen LogP contribution in [-0.2, 0) is 16.6 Å². The molecule has 1 aliphatic rings. The van der Waals surface area contributed by atoms with Crippen LogP contribution in [0.25, 0.3) is 0 Å². The van der Waals surface area contributed by atoms with Gasteiger partial charge in [-0.25, -0.2) is 13.1 Å². The number of sulfonamides is 1. The van der Waals surface area contributed by atoms with Crippen molar-refractivity contribution in [2.45, 2.75) is 36.5 Å². The third kappa shape index (κ3) is 5.24. The number of hydrogen-bond acceptors (Lipinski definition) is 3. The standard InChI is InChI=1S/C12H14BrF3N2O2S/c13-10-5-8(6-17-9-2-3-9)1-4-11(10)21(19,20)18-7-12(14,15)16/h1,4-5,9,17-18H,2-3,6-7H2. The molecule has 0 spiro atoms. The fraction of sp³-hybridized carbons (Fsp3) is 0.500. The SMILES string of the molecule is O=S(=O)(NCC(F)(F)F)c1ccc(CNC2CC2)cc1Br. The Kier molecular flexibility index (Phi) is 4.96. The van der Waals surface area contributed by atoms with E-state index in [0.717, 1.165) is 18.4 Å². The quantitative estimate of drug-likeness (QED) is 0.789. The van der Waals surface area contributed by atoms with Crippen LogP contribution in [0.1, 0.15) is 18.4 Å². The average molecular weight is 387 g/mol. The van der Waals surface area contributed by atoms with Gasteiger partial charge in [0.25, 0.3) is 0 Å². The molecule has 0 aliphatic heterocycles. The van der Waals surface area contributed by atoms with E-state index in [1.54, 1.807) is 12.1 Å². The van der Waals surface area contributed by atoms with Gasteiger partial charge in [0.05, 0.1) is 4.90 Å². The van der Waals surface area contributed by atoms with Crippen LogP contribution in [0.4, 0.5) is 13.2 Å². The molecule has 0 saturated heterocycles. The van der Waals surface area contributed by atoms with Crippen molar-refractivity contribution in [3.8, 4) is 0 Å². The molecule has 0 bridgehead atoms. The van der Waals surface area contributed by atoms with Crippen LogP contribution in [0.5, 0.6) is 0 Å². The van der Waals surface area contributed by atoms with E-state index in [-0.39, 0.29) is 9.37 Å². The first-order chi connectivity index (χ1) is 9.67. The molecule has 1 aliphatic carbocycles. The van der Waals surface area contributed by atoms with Gasteiger partial charge >= 0.3 is 6.18 Å². The Hall–Kier alpha value is -0.640. The molecule has 2 rings (SSSR count). The van der Waals surface area contributed by atoms with Crippen molar-refractivity contribution in [3.63, 3.8) is 0 Å². The summed E-state index contributed by atoms with van der Waals surface area (Å²) in [7, 11) is -4.20. The van der Waals surface area contributed by atoms with Crippen LogP contribution in [-0.4, -0.2) is 27.2 Å². The predicted octanol–water partition coefficient (Wildman–Crippen LogP) is 2.54. The normalized spacial score (nSPS) is 16.2. The number of nitrogens with one attached hydrogen (secondary N) is 2. The van der Waals surface area contributed by atoms with Gasteiger partial charge in [-0.05, 0) is 46.5 Å². The van der Waals surface area contributed by atoms with Gasteiger partial charge in [-0.15, -0.1) is 0 Å². The van der Waals surface area contributed by atoms with Crippen LogP contribution in [0.2, 0.25) is 0 Å². The molecule has 9 heteroatoms. The van der Waals surface area contributed by atoms with Gasteiger partial charge in [-0.1, -0.05) is 6.07 Å². The fourth-order valence-electron chi connectivity index (χ4n) is 1.68. The van der Waals surface area contributed by atoms with Crippen molar-refractivity contribution in [2.75, 3.05) is 6.54 Å². The Morgan fingerprint density at radius 3 is 2.48 bits per heavy atom. The first-order valence-corrected chi connectivity index (χ1v) is 8.53. The van der Waals surface area contributed by atoms with Crippen LogP contribution in [0, 0.1) is 0 Å². The third-order valence-corrected chi connectivity index (χ3v) is 5.30. The summed E-state index contributed by atoms with van der Waals surface area (Å²) in [6.45, 7) is -0.994. The summed E-state index contributed by atoms with van der Waals surface area (Å²) in [6.07, 6.45) is -2.32. The van der Waals surface area contributed by atoms with Gasteiger partial charge in [0.2, 0.25) is 10.0 Å². The molecule has 1 aromatic rings. The van der Waals surface area contributed by atoms with Crippen LogP contribution >= 0.6 is 15.9 Å². The zero-order valence-electron chi connectivity index (χ0n) is 10.9. The van der Waals surface area contributed by atoms with Crippen molar-refractivity contribution in [1.82, 2.24) is 10.0 Å². The number of hydrogen-bond donors (Lipinski definition) is 2. The van der Waals surface area contributed by atoms with E-state index >= 15 is 0 Å². The maximum absolute atomic E-state index is 12.1. The lowest BCUT2D eigenvalue weighted by atomic mass is 10.2. The summed E-state index contributed by atoms with van der Waals surface area (Å²) < 4.78 is 61.7. The minimum atomic E-state index is -4.59. The summed E-state index contributed by atoms with van der Waals surface area (Å²) in [4.78, 5) is -0.207. The zero-order chi connectivity index (χ0) is 15.7. The average Bonchev–Trinajstić information content (AvgIpc) is 3.17. The van der Waals surface area contributed by atoms with E-state index in [0.29, 0.717) is 12.6 Å². The van der Waals surface area contributed by atoms with Gasteiger partial charge in [-0.3, -0.25) is 0 Å². The number of halogens is 4. The van der Waals surface area contributed by atoms with Gasteiger partial charge in [-0.2, -0.15) is 13.2 Å². The summed E-state index contributed by atoms with van der Waals surface area (Å²) in [5.74, 6) is 0. The zero-order valence-corrected chi connectivity index (χ0v) is 13.3. The van der Waals surface area contributed by atoms with Crippen LogP contribution < -0.4 is 10.0 Å². The number of alkyl halides is 3. The molecule has 0 unspecified atom stereocenters. The van der Waals surface area contributed by atoms with Crippen molar-refractivity contribution >= 4 is 26.0 Å². The number of rotatable bonds is 6. The smallest absolute Gasteiger partial charge is 0.310 e. The maximum atomic E-state index is 12.1. The largest absolute Gasteiger partial charge is 0.402 e. The molecule has 2 N–H and O–H groups in total. The Morgan fingerprint density at radius 2 is 1.95 bits per heavy atom. The highest BCUT2D eigenvalue weighted by molar-refractivity contribution is 9.10. The first-order valence-electron chi connectivity index (χ1n) is 6.25. The molecule has 0 amide bonds. The highest BCUT2D eigenvalue weighted by atomic mass is 79.9. The molecular weight excluding hydrogens is 373 g/mol. The van der Waals surface area contributed by atoms with E-state index in [4.69, 9.17) is 0 Å². The summed E-state index contributed by atoms with van der Waals surface area (Å²) in [6, 6.07) is 4.99. The Labute approximate surface area is 129 Å². The fourth-order valence-corrected chi connectivity index (χ4v) is 3.81. The molecule has 1 fully saturated rings. The Bertz CT molecular complexity index is 615. The van der Waals surface area contributed by atoms with E-state index in [1.165, 1.54) is 10.8 Å². The highest BCUT2D eigenvalue weighted by Gasteiger charge is 2.30. The van der Waals surface area contributed by atoms with Gasteiger partial charge in [0.1, 0.15) is 6.54 Å². The van der Waals surface area contributed by atoms with Crippen molar-refractivity contribution in [2.24, 2.45) is 0 Å². The summed E-state index contributed by atoms with van der Waals surface area (Å²) in [5.41, 5.74) is 0.864. The molecule has 0 atom stereocenters. The molecule has 0 aromatic heterocycles. The van der Waals surface area contributed by atoms with Crippen LogP contribution in [0.15, 0.2) is 27.6 Å². The second-order valence-electron chi connectivity index (χ2n) is 4.86. The van der Waals surface area contributed by atoms with E-state index in [2.05, 4.69) is 21.2 Å².